The number of nitrogens with two attached hydrogens (primary N) is 3. The second kappa shape index (κ2) is 53.0. The molecule has 1 atom stereocenters. The number of unbranched alkanes of at least 4 members (excludes halogenated alkanes) is 15. The summed E-state index contributed by atoms with van der Waals surface area (Å²) in [5, 5.41) is 21.6. The van der Waals surface area contributed by atoms with Crippen LogP contribution in [0, 0.1) is 5.41 Å². The van der Waals surface area contributed by atoms with Crippen molar-refractivity contribution in [2.45, 2.75) is 175 Å². The molecule has 0 aromatic heterocycles. The van der Waals surface area contributed by atoms with Gasteiger partial charge in [-0.3, -0.25) is 24.0 Å². The first kappa shape index (κ1) is 67.3. The number of carbonyl (C=O) groups is 6. The summed E-state index contributed by atoms with van der Waals surface area (Å²) in [5.74, 6) is 10.7. The van der Waals surface area contributed by atoms with Crippen molar-refractivity contribution in [3.05, 3.63) is 0 Å². The number of rotatable bonds is 44. The van der Waals surface area contributed by atoms with E-state index in [1.807, 2.05) is 0 Å². The number of hydrazone groups is 1. The van der Waals surface area contributed by atoms with E-state index in [1.165, 1.54) is 77.0 Å². The van der Waals surface area contributed by atoms with Crippen LogP contribution in [0.25, 0.3) is 0 Å². The summed E-state index contributed by atoms with van der Waals surface area (Å²) in [6.07, 6.45) is 23.5. The zero-order valence-electron chi connectivity index (χ0n) is 42.0. The van der Waals surface area contributed by atoms with Gasteiger partial charge >= 0.3 is 0 Å². The normalized spacial score (nSPS) is 11.5. The van der Waals surface area contributed by atoms with Crippen molar-refractivity contribution in [3.8, 4) is 0 Å². The number of hydrogen-bond donors (Lipinski definition) is 9. The Hall–Kier alpha value is -3.95. The number of hydrazine groups is 1. The highest BCUT2D eigenvalue weighted by Crippen LogP contribution is 2.14. The minimum Gasteiger partial charge on any atom is -0.483 e. The van der Waals surface area contributed by atoms with Gasteiger partial charge < -0.3 is 67.1 Å². The molecule has 67 heavy (non-hydrogen) atoms. The number of amidine groups is 1. The molecule has 0 heterocycles. The molecule has 20 heteroatoms. The third-order valence-corrected chi connectivity index (χ3v) is 9.35. The summed E-state index contributed by atoms with van der Waals surface area (Å²) in [6.45, 7) is 11.7. The fraction of sp³-hybridized carbons (Fsp3) is 0.851. The molecule has 0 aliphatic carbocycles. The minimum absolute atomic E-state index is 0.0488. The number of ether oxygens (including phenoxy) is 4. The van der Waals surface area contributed by atoms with Gasteiger partial charge in [-0.15, -0.1) is 0 Å². The zero-order chi connectivity index (χ0) is 50.5. The molecule has 0 radical (unpaired) electrons. The Morgan fingerprint density at radius 1 is 0.522 bits per heavy atom. The van der Waals surface area contributed by atoms with Crippen molar-refractivity contribution in [3.63, 3.8) is 0 Å². The summed E-state index contributed by atoms with van der Waals surface area (Å²) in [4.78, 5) is 66.5. The molecule has 1 unspecified atom stereocenters. The molecule has 0 aromatic rings. The van der Waals surface area contributed by atoms with E-state index in [9.17, 15) is 24.0 Å². The van der Waals surface area contributed by atoms with Crippen LogP contribution in [0.15, 0.2) is 5.10 Å². The molecule has 0 aromatic carbocycles. The van der Waals surface area contributed by atoms with Gasteiger partial charge in [0, 0.05) is 45.4 Å². The number of carbonyl (C=O) groups excluding carboxylic acids is 5. The molecule has 0 saturated carbocycles. The third kappa shape index (κ3) is 64.2. The van der Waals surface area contributed by atoms with Crippen molar-refractivity contribution in [1.29, 1.82) is 0 Å². The average Bonchev–Trinajstić information content (AvgIpc) is 3.28. The van der Waals surface area contributed by atoms with E-state index in [1.54, 1.807) is 0 Å². The number of amides is 4. The summed E-state index contributed by atoms with van der Waals surface area (Å²) in [7, 11) is 0. The van der Waals surface area contributed by atoms with E-state index in [0.29, 0.717) is 76.3 Å². The maximum Gasteiger partial charge on any atom is 0.290 e. The van der Waals surface area contributed by atoms with E-state index < -0.39 is 6.04 Å². The van der Waals surface area contributed by atoms with Crippen LogP contribution in [-0.4, -0.2) is 132 Å². The highest BCUT2D eigenvalue weighted by molar-refractivity contribution is 5.81. The predicted octanol–water partition coefficient (Wildman–Crippen LogP) is 4.11. The molecule has 4 amide bonds. The Morgan fingerprint density at radius 3 is 1.28 bits per heavy atom. The van der Waals surface area contributed by atoms with Gasteiger partial charge in [0.2, 0.25) is 23.6 Å². The molecule has 0 saturated heterocycles. The highest BCUT2D eigenvalue weighted by atomic mass is 16.5. The van der Waals surface area contributed by atoms with Crippen molar-refractivity contribution in [2.75, 3.05) is 79.0 Å². The first-order valence-electron chi connectivity index (χ1n) is 24.6. The molecule has 20 nitrogen and oxygen atoms in total. The fourth-order valence-corrected chi connectivity index (χ4v) is 5.90. The summed E-state index contributed by atoms with van der Waals surface area (Å²) >= 11 is 0. The first-order valence-corrected chi connectivity index (χ1v) is 24.6. The Kier molecular flexibility index (Phi) is 53.3. The van der Waals surface area contributed by atoms with E-state index >= 15 is 0 Å². The van der Waals surface area contributed by atoms with Crippen LogP contribution < -0.4 is 44.1 Å². The quantitative estimate of drug-likeness (QED) is 0.0104. The molecule has 0 fully saturated rings. The van der Waals surface area contributed by atoms with Crippen molar-refractivity contribution in [2.24, 2.45) is 27.9 Å². The van der Waals surface area contributed by atoms with Crippen molar-refractivity contribution >= 4 is 42.2 Å². The van der Waals surface area contributed by atoms with Crippen LogP contribution in [-0.2, 0) is 47.7 Å². The topological polar surface area (TPSA) is 310 Å². The van der Waals surface area contributed by atoms with Gasteiger partial charge in [-0.05, 0) is 43.9 Å². The molecule has 0 aliphatic heterocycles. The Morgan fingerprint density at radius 2 is 0.866 bits per heavy atom. The predicted molar refractivity (Wildman–Crippen MR) is 264 cm³/mol. The summed E-state index contributed by atoms with van der Waals surface area (Å²) in [5.41, 5.74) is 8.53. The lowest BCUT2D eigenvalue weighted by molar-refractivity contribution is -0.127. The summed E-state index contributed by atoms with van der Waals surface area (Å²) < 4.78 is 21.4. The largest absolute Gasteiger partial charge is 0.483 e. The maximum atomic E-state index is 12.1. The van der Waals surface area contributed by atoms with Crippen molar-refractivity contribution in [1.82, 2.24) is 26.7 Å². The maximum absolute atomic E-state index is 12.1. The number of nitrogens with zero attached hydrogens (tertiary/aromatic N) is 1. The first-order chi connectivity index (χ1) is 32.2. The van der Waals surface area contributed by atoms with E-state index in [-0.39, 0.29) is 69.7 Å². The molecule has 0 bridgehead atoms. The van der Waals surface area contributed by atoms with Gasteiger partial charge in [0.25, 0.3) is 6.47 Å². The van der Waals surface area contributed by atoms with E-state index in [0.717, 1.165) is 44.8 Å². The second-order valence-electron chi connectivity index (χ2n) is 17.8. The van der Waals surface area contributed by atoms with E-state index in [2.05, 4.69) is 59.5 Å². The number of hydrogen-bond acceptors (Lipinski definition) is 14. The van der Waals surface area contributed by atoms with Crippen molar-refractivity contribution < 1.29 is 52.8 Å². The minimum atomic E-state index is -0.448. The van der Waals surface area contributed by atoms with E-state index in [4.69, 9.17) is 46.3 Å². The van der Waals surface area contributed by atoms with Crippen LogP contribution >= 0.6 is 0 Å². The van der Waals surface area contributed by atoms with Gasteiger partial charge in [0.05, 0.1) is 45.7 Å². The highest BCUT2D eigenvalue weighted by Gasteiger charge is 2.06. The van der Waals surface area contributed by atoms with Crippen LogP contribution in [0.3, 0.4) is 0 Å². The van der Waals surface area contributed by atoms with Gasteiger partial charge in [-0.25, -0.2) is 5.84 Å². The van der Waals surface area contributed by atoms with Gasteiger partial charge in [-0.1, -0.05) is 111 Å². The SMILES string of the molecule is CC(C)(C)C.N/N=C(/CCCCCCCCCCCCCCCCCC(=O)NCCCC(=O)NCCOCCOCC(=O)NCCOCCOCC(=O)NCCCCC(N)C=O)NN.O=CO. The zero-order valence-corrected chi connectivity index (χ0v) is 42.0. The lowest BCUT2D eigenvalue weighted by atomic mass is 10.0. The monoisotopic (exact) mass is 962 g/mol. The molecule has 12 N–H and O–H groups in total. The number of nitrogens with one attached hydrogen (secondary N) is 5. The Balaban J connectivity index is -0.00000470. The number of aldehydes is 1. The Bertz CT molecular complexity index is 1210. The smallest absolute Gasteiger partial charge is 0.290 e. The third-order valence-electron chi connectivity index (χ3n) is 9.35. The van der Waals surface area contributed by atoms with Gasteiger partial charge in [-0.2, -0.15) is 5.10 Å². The van der Waals surface area contributed by atoms with Gasteiger partial charge in [0.15, 0.2) is 0 Å². The molecule has 0 rings (SSSR count). The molecular weight excluding hydrogens is 867 g/mol. The molecule has 0 aliphatic rings. The molecule has 394 valence electrons. The molecular formula is C47H95N9O11. The van der Waals surface area contributed by atoms with Crippen LogP contribution in [0.5, 0.6) is 0 Å². The van der Waals surface area contributed by atoms with Crippen LogP contribution in [0.1, 0.15) is 169 Å². The standard InChI is InChI=1S/C41H81N9O9.C5H12.CH2O2/c42-36(33-51)19-16-17-23-46-40(54)34-58-31-30-57-28-26-48-41(55)35-59-32-29-56-27-25-47-39(53)22-18-24-45-38(52)21-15-13-11-9-7-5-3-1-2-4-6-8-10-12-14-20-37(49-43)50-44;1-5(2,3)4;2-1-3/h33,36H,1-32,34-35,42-44H2,(H,45,52)(H,46,54)(H,47,53)(H,48,55)(H,49,50);1-4H3;1H,(H,2,3). The average molecular weight is 962 g/mol. The summed E-state index contributed by atoms with van der Waals surface area (Å²) in [6, 6.07) is -0.448. The Labute approximate surface area is 402 Å². The van der Waals surface area contributed by atoms with Crippen LogP contribution in [0.4, 0.5) is 0 Å². The van der Waals surface area contributed by atoms with Crippen LogP contribution in [0.2, 0.25) is 0 Å². The number of carboxylic acid groups (broad SMARTS) is 1. The van der Waals surface area contributed by atoms with Gasteiger partial charge in [0.1, 0.15) is 25.3 Å². The lowest BCUT2D eigenvalue weighted by Crippen LogP contribution is -2.32. The molecule has 0 spiro atoms. The lowest BCUT2D eigenvalue weighted by Gasteiger charge is -2.09. The second-order valence-corrected chi connectivity index (χ2v) is 17.8. The fourth-order valence-electron chi connectivity index (χ4n) is 5.90.